The van der Waals surface area contributed by atoms with Crippen molar-refractivity contribution in [3.63, 3.8) is 0 Å². The first-order chi connectivity index (χ1) is 8.08. The quantitative estimate of drug-likeness (QED) is 0.696. The molecule has 1 heterocycles. The van der Waals surface area contributed by atoms with Crippen LogP contribution in [0.4, 0.5) is 0 Å². The Bertz CT molecular complexity index is 343. The molecule has 0 bridgehead atoms. The first kappa shape index (κ1) is 12.0. The van der Waals surface area contributed by atoms with Gasteiger partial charge in [0.1, 0.15) is 18.8 Å². The maximum atomic E-state index is 11.7. The second-order valence-corrected chi connectivity index (χ2v) is 4.51. The Balaban J connectivity index is 2.34. The van der Waals surface area contributed by atoms with Gasteiger partial charge in [-0.1, -0.05) is 19.3 Å². The number of rotatable bonds is 2. The van der Waals surface area contributed by atoms with Gasteiger partial charge < -0.3 is 9.84 Å². The van der Waals surface area contributed by atoms with Gasteiger partial charge in [-0.15, -0.1) is 0 Å². The van der Waals surface area contributed by atoms with Crippen LogP contribution in [0.3, 0.4) is 0 Å². The van der Waals surface area contributed by atoms with Crippen molar-refractivity contribution in [1.82, 2.24) is 4.90 Å². The second-order valence-electron chi connectivity index (χ2n) is 4.51. The molecule has 6 heteroatoms. The Hall–Kier alpha value is -1.43. The van der Waals surface area contributed by atoms with E-state index in [2.05, 4.69) is 0 Å². The summed E-state index contributed by atoms with van der Waals surface area (Å²) < 4.78 is 4.81. The molecule has 1 saturated carbocycles. The van der Waals surface area contributed by atoms with Crippen molar-refractivity contribution in [2.24, 2.45) is 0 Å². The average Bonchev–Trinajstić information content (AvgIpc) is 2.29. The third-order valence-electron chi connectivity index (χ3n) is 3.46. The number of carboxylic acids is 1. The van der Waals surface area contributed by atoms with Crippen molar-refractivity contribution in [3.8, 4) is 0 Å². The summed E-state index contributed by atoms with van der Waals surface area (Å²) in [5.74, 6) is -2.16. The van der Waals surface area contributed by atoms with Crippen LogP contribution in [0.1, 0.15) is 32.1 Å². The highest BCUT2D eigenvalue weighted by molar-refractivity contribution is 6.03. The van der Waals surface area contributed by atoms with E-state index in [1.807, 2.05) is 0 Å². The van der Waals surface area contributed by atoms with Crippen LogP contribution in [0.5, 0.6) is 0 Å². The summed E-state index contributed by atoms with van der Waals surface area (Å²) in [5.41, 5.74) is -1.34. The lowest BCUT2D eigenvalue weighted by Crippen LogP contribution is -2.63. The summed E-state index contributed by atoms with van der Waals surface area (Å²) in [5, 5.41) is 9.39. The van der Waals surface area contributed by atoms with Crippen molar-refractivity contribution >= 4 is 17.8 Å². The molecule has 94 valence electrons. The Morgan fingerprint density at radius 2 is 1.65 bits per heavy atom. The highest BCUT2D eigenvalue weighted by Gasteiger charge is 2.51. The van der Waals surface area contributed by atoms with Gasteiger partial charge in [-0.3, -0.25) is 14.5 Å². The zero-order valence-corrected chi connectivity index (χ0v) is 9.48. The van der Waals surface area contributed by atoms with E-state index >= 15 is 0 Å². The van der Waals surface area contributed by atoms with Crippen LogP contribution in [0, 0.1) is 0 Å². The Morgan fingerprint density at radius 1 is 1.12 bits per heavy atom. The largest absolute Gasteiger partial charge is 0.479 e. The molecule has 2 amide bonds. The van der Waals surface area contributed by atoms with Crippen LogP contribution in [0.2, 0.25) is 0 Å². The molecule has 0 aromatic carbocycles. The van der Waals surface area contributed by atoms with Gasteiger partial charge in [0, 0.05) is 0 Å². The van der Waals surface area contributed by atoms with Crippen LogP contribution in [-0.4, -0.2) is 46.5 Å². The molecule has 0 radical (unpaired) electrons. The number of ether oxygens (including phenoxy) is 1. The third-order valence-corrected chi connectivity index (χ3v) is 3.46. The number of aliphatic carboxylic acids is 1. The number of morpholine rings is 1. The van der Waals surface area contributed by atoms with Crippen LogP contribution in [0.25, 0.3) is 0 Å². The van der Waals surface area contributed by atoms with E-state index < -0.39 is 23.3 Å². The van der Waals surface area contributed by atoms with Gasteiger partial charge in [-0.25, -0.2) is 4.79 Å². The highest BCUT2D eigenvalue weighted by Crippen LogP contribution is 2.35. The summed E-state index contributed by atoms with van der Waals surface area (Å²) in [6.07, 6.45) is 3.09. The fraction of sp³-hybridized carbons (Fsp3) is 0.727. The molecule has 2 aliphatic rings. The molecule has 1 saturated heterocycles. The van der Waals surface area contributed by atoms with Crippen LogP contribution < -0.4 is 0 Å². The smallest absolute Gasteiger partial charge is 0.330 e. The molecular weight excluding hydrogens is 226 g/mol. The van der Waals surface area contributed by atoms with Gasteiger partial charge in [0.2, 0.25) is 0 Å². The predicted octanol–water partition coefficient (Wildman–Crippen LogP) is 0.159. The molecule has 0 unspecified atom stereocenters. The minimum atomic E-state index is -1.34. The molecule has 17 heavy (non-hydrogen) atoms. The SMILES string of the molecule is O=C1COCC(=O)N1C1(C(=O)O)CCCCC1. The summed E-state index contributed by atoms with van der Waals surface area (Å²) in [7, 11) is 0. The third kappa shape index (κ3) is 1.93. The number of carbonyl (C=O) groups is 3. The average molecular weight is 241 g/mol. The van der Waals surface area contributed by atoms with Crippen LogP contribution >= 0.6 is 0 Å². The van der Waals surface area contributed by atoms with Gasteiger partial charge in [0.25, 0.3) is 11.8 Å². The maximum absolute atomic E-state index is 11.7. The maximum Gasteiger partial charge on any atom is 0.330 e. The van der Waals surface area contributed by atoms with E-state index in [0.717, 1.165) is 24.2 Å². The van der Waals surface area contributed by atoms with Gasteiger partial charge in [0.15, 0.2) is 0 Å². The number of carboxylic acid groups (broad SMARTS) is 1. The van der Waals surface area contributed by atoms with E-state index in [9.17, 15) is 19.5 Å². The zero-order valence-electron chi connectivity index (χ0n) is 9.48. The van der Waals surface area contributed by atoms with Crippen LogP contribution in [-0.2, 0) is 19.1 Å². The lowest BCUT2D eigenvalue weighted by Gasteiger charge is -2.42. The Kier molecular flexibility index (Phi) is 3.15. The molecule has 6 nitrogen and oxygen atoms in total. The molecule has 1 N–H and O–H groups in total. The number of imide groups is 1. The standard InChI is InChI=1S/C11H15NO5/c13-8-6-17-7-9(14)12(8)11(10(15)16)4-2-1-3-5-11/h1-7H2,(H,15,16). The first-order valence-corrected chi connectivity index (χ1v) is 5.75. The van der Waals surface area contributed by atoms with Crippen molar-refractivity contribution in [2.45, 2.75) is 37.6 Å². The fourth-order valence-corrected chi connectivity index (χ4v) is 2.64. The van der Waals surface area contributed by atoms with Crippen molar-refractivity contribution in [2.75, 3.05) is 13.2 Å². The summed E-state index contributed by atoms with van der Waals surface area (Å²) in [4.78, 5) is 35.9. The number of carbonyl (C=O) groups excluding carboxylic acids is 2. The summed E-state index contributed by atoms with van der Waals surface area (Å²) in [6, 6.07) is 0. The topological polar surface area (TPSA) is 83.9 Å². The minimum Gasteiger partial charge on any atom is -0.479 e. The molecule has 2 fully saturated rings. The van der Waals surface area contributed by atoms with Crippen molar-refractivity contribution in [3.05, 3.63) is 0 Å². The van der Waals surface area contributed by atoms with Crippen LogP contribution in [0.15, 0.2) is 0 Å². The first-order valence-electron chi connectivity index (χ1n) is 5.75. The lowest BCUT2D eigenvalue weighted by molar-refractivity contribution is -0.178. The molecule has 1 aliphatic carbocycles. The van der Waals surface area contributed by atoms with Gasteiger partial charge >= 0.3 is 5.97 Å². The Morgan fingerprint density at radius 3 is 2.12 bits per heavy atom. The van der Waals surface area contributed by atoms with Gasteiger partial charge in [-0.05, 0) is 12.8 Å². The fourth-order valence-electron chi connectivity index (χ4n) is 2.64. The Labute approximate surface area is 98.5 Å². The molecule has 0 spiro atoms. The second kappa shape index (κ2) is 4.44. The number of amides is 2. The lowest BCUT2D eigenvalue weighted by atomic mass is 9.80. The number of hydrogen-bond acceptors (Lipinski definition) is 4. The van der Waals surface area contributed by atoms with E-state index in [-0.39, 0.29) is 13.2 Å². The molecule has 0 atom stereocenters. The molecule has 2 rings (SSSR count). The van der Waals surface area contributed by atoms with E-state index in [4.69, 9.17) is 4.74 Å². The summed E-state index contributed by atoms with van der Waals surface area (Å²) >= 11 is 0. The number of hydrogen-bond donors (Lipinski definition) is 1. The molecular formula is C11H15NO5. The van der Waals surface area contributed by atoms with Crippen molar-refractivity contribution < 1.29 is 24.2 Å². The minimum absolute atomic E-state index is 0.208. The molecule has 0 aromatic rings. The van der Waals surface area contributed by atoms with Gasteiger partial charge in [-0.2, -0.15) is 0 Å². The molecule has 1 aliphatic heterocycles. The monoisotopic (exact) mass is 241 g/mol. The normalized spacial score (nSPS) is 24.8. The number of nitrogens with zero attached hydrogens (tertiary/aromatic N) is 1. The summed E-state index contributed by atoms with van der Waals surface area (Å²) in [6.45, 7) is -0.415. The van der Waals surface area contributed by atoms with E-state index in [0.29, 0.717) is 12.8 Å². The van der Waals surface area contributed by atoms with Crippen molar-refractivity contribution in [1.29, 1.82) is 0 Å². The van der Waals surface area contributed by atoms with E-state index in [1.54, 1.807) is 0 Å². The zero-order chi connectivity index (χ0) is 12.5. The van der Waals surface area contributed by atoms with E-state index in [1.165, 1.54) is 0 Å². The van der Waals surface area contributed by atoms with Gasteiger partial charge in [0.05, 0.1) is 0 Å². The highest BCUT2D eigenvalue weighted by atomic mass is 16.5. The molecule has 0 aromatic heterocycles. The predicted molar refractivity (Wildman–Crippen MR) is 56.1 cm³/mol.